The number of benzene rings is 1. The first kappa shape index (κ1) is 12.6. The van der Waals surface area contributed by atoms with Crippen LogP contribution in [0.4, 0.5) is 11.6 Å². The van der Waals surface area contributed by atoms with E-state index >= 15 is 0 Å². The molecule has 0 amide bonds. The maximum Gasteiger partial charge on any atom is 0.283 e. The minimum Gasteiger partial charge on any atom is -0.368 e. The van der Waals surface area contributed by atoms with Gasteiger partial charge < -0.3 is 5.73 Å². The largest absolute Gasteiger partial charge is 0.368 e. The molecule has 0 saturated carbocycles. The fourth-order valence-electron chi connectivity index (χ4n) is 1.23. The molecule has 1 aromatic heterocycles. The standard InChI is InChI=1S/C10H7ClN4O2S/c11-6-5-13-10(12)14-9(6)18-8-4-2-1-3-7(8)15(16)17/h1-5H,(H2,12,13,14). The van der Waals surface area contributed by atoms with Crippen LogP contribution in [-0.4, -0.2) is 14.9 Å². The highest BCUT2D eigenvalue weighted by molar-refractivity contribution is 7.99. The number of para-hydroxylation sites is 1. The van der Waals surface area contributed by atoms with Crippen LogP contribution < -0.4 is 5.73 Å². The van der Waals surface area contributed by atoms with Gasteiger partial charge in [-0.15, -0.1) is 0 Å². The molecule has 8 heteroatoms. The summed E-state index contributed by atoms with van der Waals surface area (Å²) in [5.41, 5.74) is 5.45. The SMILES string of the molecule is Nc1ncc(Cl)c(Sc2ccccc2[N+](=O)[O-])n1. The van der Waals surface area contributed by atoms with Crippen molar-refractivity contribution in [1.82, 2.24) is 9.97 Å². The third-order valence-electron chi connectivity index (χ3n) is 2.00. The number of aromatic nitrogens is 2. The Morgan fingerprint density at radius 3 is 2.83 bits per heavy atom. The molecular formula is C10H7ClN4O2S. The molecule has 2 aromatic rings. The van der Waals surface area contributed by atoms with Crippen molar-refractivity contribution in [2.75, 3.05) is 5.73 Å². The summed E-state index contributed by atoms with van der Waals surface area (Å²) in [5, 5.41) is 11.6. The zero-order valence-electron chi connectivity index (χ0n) is 8.91. The Hall–Kier alpha value is -1.86. The van der Waals surface area contributed by atoms with Gasteiger partial charge in [-0.25, -0.2) is 9.97 Å². The fourth-order valence-corrected chi connectivity index (χ4v) is 2.33. The maximum absolute atomic E-state index is 10.9. The zero-order valence-corrected chi connectivity index (χ0v) is 10.5. The minimum absolute atomic E-state index is 0.00393. The van der Waals surface area contributed by atoms with E-state index in [1.807, 2.05) is 0 Å². The predicted molar refractivity (Wildman–Crippen MR) is 68.7 cm³/mol. The molecule has 0 saturated heterocycles. The van der Waals surface area contributed by atoms with Crippen molar-refractivity contribution in [2.24, 2.45) is 0 Å². The van der Waals surface area contributed by atoms with Crippen LogP contribution >= 0.6 is 23.4 Å². The van der Waals surface area contributed by atoms with E-state index in [1.165, 1.54) is 12.3 Å². The van der Waals surface area contributed by atoms with Gasteiger partial charge in [0.25, 0.3) is 5.69 Å². The fraction of sp³-hybridized carbons (Fsp3) is 0. The number of hydrogen-bond donors (Lipinski definition) is 1. The van der Waals surface area contributed by atoms with Crippen LogP contribution in [0.15, 0.2) is 40.4 Å². The summed E-state index contributed by atoms with van der Waals surface area (Å²) >= 11 is 6.99. The van der Waals surface area contributed by atoms with Gasteiger partial charge in [0.1, 0.15) is 5.03 Å². The smallest absolute Gasteiger partial charge is 0.283 e. The van der Waals surface area contributed by atoms with Gasteiger partial charge in [0, 0.05) is 6.07 Å². The Balaban J connectivity index is 2.40. The number of anilines is 1. The van der Waals surface area contributed by atoms with Crippen LogP contribution in [0, 0.1) is 10.1 Å². The van der Waals surface area contributed by atoms with Crippen molar-refractivity contribution in [1.29, 1.82) is 0 Å². The lowest BCUT2D eigenvalue weighted by Gasteiger charge is -2.04. The Morgan fingerprint density at radius 1 is 1.39 bits per heavy atom. The second-order valence-electron chi connectivity index (χ2n) is 3.21. The van der Waals surface area contributed by atoms with E-state index in [9.17, 15) is 10.1 Å². The summed E-state index contributed by atoms with van der Waals surface area (Å²) in [4.78, 5) is 18.5. The molecular weight excluding hydrogens is 276 g/mol. The lowest BCUT2D eigenvalue weighted by Crippen LogP contribution is -1.96. The number of rotatable bonds is 3. The predicted octanol–water partition coefficient (Wildman–Crippen LogP) is 2.77. The van der Waals surface area contributed by atoms with Crippen LogP contribution in [0.2, 0.25) is 5.02 Å². The molecule has 0 aliphatic carbocycles. The molecule has 0 aliphatic heterocycles. The van der Waals surface area contributed by atoms with Gasteiger partial charge in [-0.2, -0.15) is 0 Å². The topological polar surface area (TPSA) is 94.9 Å². The quantitative estimate of drug-likeness (QED) is 0.528. The number of nitrogens with zero attached hydrogens (tertiary/aromatic N) is 3. The first-order valence-electron chi connectivity index (χ1n) is 4.77. The van der Waals surface area contributed by atoms with Crippen molar-refractivity contribution in [2.45, 2.75) is 9.92 Å². The van der Waals surface area contributed by atoms with Crippen molar-refractivity contribution >= 4 is 35.0 Å². The number of nitro benzene ring substituents is 1. The second-order valence-corrected chi connectivity index (χ2v) is 4.65. The molecule has 0 atom stereocenters. The molecule has 0 bridgehead atoms. The van der Waals surface area contributed by atoms with Crippen molar-refractivity contribution in [3.05, 3.63) is 45.6 Å². The summed E-state index contributed by atoms with van der Waals surface area (Å²) in [5.74, 6) is 0.0699. The summed E-state index contributed by atoms with van der Waals surface area (Å²) in [6.07, 6.45) is 1.36. The van der Waals surface area contributed by atoms with Gasteiger partial charge in [-0.3, -0.25) is 10.1 Å². The maximum atomic E-state index is 10.9. The first-order chi connectivity index (χ1) is 8.58. The van der Waals surface area contributed by atoms with Gasteiger partial charge >= 0.3 is 0 Å². The van der Waals surface area contributed by atoms with Crippen LogP contribution in [0.25, 0.3) is 0 Å². The Bertz CT molecular complexity index is 608. The van der Waals surface area contributed by atoms with Gasteiger partial charge in [-0.05, 0) is 6.07 Å². The molecule has 0 fully saturated rings. The number of nitrogens with two attached hydrogens (primary N) is 1. The van der Waals surface area contributed by atoms with Gasteiger partial charge in [0.2, 0.25) is 5.95 Å². The van der Waals surface area contributed by atoms with E-state index < -0.39 is 4.92 Å². The Kier molecular flexibility index (Phi) is 3.63. The van der Waals surface area contributed by atoms with Crippen LogP contribution in [-0.2, 0) is 0 Å². The molecule has 0 unspecified atom stereocenters. The molecule has 1 aromatic carbocycles. The molecule has 0 spiro atoms. The van der Waals surface area contributed by atoms with E-state index in [0.717, 1.165) is 11.8 Å². The van der Waals surface area contributed by atoms with Crippen LogP contribution in [0.1, 0.15) is 0 Å². The monoisotopic (exact) mass is 282 g/mol. The molecule has 0 aliphatic rings. The molecule has 18 heavy (non-hydrogen) atoms. The number of halogens is 1. The van der Waals surface area contributed by atoms with E-state index in [1.54, 1.807) is 18.2 Å². The highest BCUT2D eigenvalue weighted by atomic mass is 35.5. The zero-order chi connectivity index (χ0) is 13.1. The summed E-state index contributed by atoms with van der Waals surface area (Å²) in [6, 6.07) is 6.34. The lowest BCUT2D eigenvalue weighted by molar-refractivity contribution is -0.387. The summed E-state index contributed by atoms with van der Waals surface area (Å²) in [6.45, 7) is 0. The number of nitro groups is 1. The highest BCUT2D eigenvalue weighted by Crippen LogP contribution is 2.36. The van der Waals surface area contributed by atoms with Crippen LogP contribution in [0.5, 0.6) is 0 Å². The first-order valence-corrected chi connectivity index (χ1v) is 5.96. The van der Waals surface area contributed by atoms with Crippen LogP contribution in [0.3, 0.4) is 0 Å². The van der Waals surface area contributed by atoms with Gasteiger partial charge in [-0.1, -0.05) is 35.5 Å². The molecule has 1 heterocycles. The molecule has 6 nitrogen and oxygen atoms in total. The lowest BCUT2D eigenvalue weighted by atomic mass is 10.3. The average molecular weight is 283 g/mol. The molecule has 92 valence electrons. The molecule has 2 N–H and O–H groups in total. The second kappa shape index (κ2) is 5.19. The number of hydrogen-bond acceptors (Lipinski definition) is 6. The number of nitrogen functional groups attached to an aromatic ring is 1. The highest BCUT2D eigenvalue weighted by Gasteiger charge is 2.16. The Labute approximate surface area is 111 Å². The Morgan fingerprint density at radius 2 is 2.11 bits per heavy atom. The summed E-state index contributed by atoms with van der Waals surface area (Å²) < 4.78 is 0. The minimum atomic E-state index is -0.458. The van der Waals surface area contributed by atoms with E-state index in [-0.39, 0.29) is 11.6 Å². The van der Waals surface area contributed by atoms with Crippen molar-refractivity contribution < 1.29 is 4.92 Å². The summed E-state index contributed by atoms with van der Waals surface area (Å²) in [7, 11) is 0. The average Bonchev–Trinajstić information content (AvgIpc) is 2.34. The third kappa shape index (κ3) is 2.69. The molecule has 2 rings (SSSR count). The van der Waals surface area contributed by atoms with E-state index in [0.29, 0.717) is 14.9 Å². The van der Waals surface area contributed by atoms with Crippen molar-refractivity contribution in [3.63, 3.8) is 0 Å². The third-order valence-corrected chi connectivity index (χ3v) is 3.46. The van der Waals surface area contributed by atoms with E-state index in [2.05, 4.69) is 9.97 Å². The van der Waals surface area contributed by atoms with Gasteiger partial charge in [0.05, 0.1) is 21.0 Å². The van der Waals surface area contributed by atoms with Crippen molar-refractivity contribution in [3.8, 4) is 0 Å². The van der Waals surface area contributed by atoms with E-state index in [4.69, 9.17) is 17.3 Å². The van der Waals surface area contributed by atoms with Gasteiger partial charge in [0.15, 0.2) is 0 Å². The normalized spacial score (nSPS) is 10.3. The molecule has 0 radical (unpaired) electrons.